The fourth-order valence-corrected chi connectivity index (χ4v) is 4.46. The van der Waals surface area contributed by atoms with Crippen LogP contribution in [0.5, 0.6) is 0 Å². The average Bonchev–Trinajstić information content (AvgIpc) is 3.16. The highest BCUT2D eigenvalue weighted by molar-refractivity contribution is 5.89. The van der Waals surface area contributed by atoms with Crippen LogP contribution in [-0.2, 0) is 4.74 Å². The zero-order chi connectivity index (χ0) is 17.8. The summed E-state index contributed by atoms with van der Waals surface area (Å²) in [7, 11) is 1.83. The van der Waals surface area contributed by atoms with E-state index in [9.17, 15) is 0 Å². The van der Waals surface area contributed by atoms with Gasteiger partial charge in [0.1, 0.15) is 18.0 Å². The van der Waals surface area contributed by atoms with Crippen molar-refractivity contribution >= 4 is 5.84 Å². The zero-order valence-electron chi connectivity index (χ0n) is 15.5. The van der Waals surface area contributed by atoms with E-state index >= 15 is 0 Å². The molecule has 0 bridgehead atoms. The van der Waals surface area contributed by atoms with E-state index in [1.165, 1.54) is 43.2 Å². The Labute approximate surface area is 156 Å². The van der Waals surface area contributed by atoms with Crippen molar-refractivity contribution in [1.29, 1.82) is 0 Å². The van der Waals surface area contributed by atoms with Crippen LogP contribution in [0, 0.1) is 5.92 Å². The zero-order valence-corrected chi connectivity index (χ0v) is 15.5. The molecule has 0 aromatic heterocycles. The lowest BCUT2D eigenvalue weighted by molar-refractivity contribution is 0.0838. The number of amidine groups is 1. The SMILES string of the molecule is COC(C1=N[C@@H](c2ccccc2)[C@@H](c2ccccc2)N1)C1CCCCC1. The monoisotopic (exact) mass is 348 g/mol. The smallest absolute Gasteiger partial charge is 0.127 e. The molecule has 0 spiro atoms. The molecule has 2 aromatic rings. The molecule has 2 aliphatic rings. The Morgan fingerprint density at radius 3 is 2.12 bits per heavy atom. The molecule has 1 heterocycles. The van der Waals surface area contributed by atoms with Crippen LogP contribution in [0.4, 0.5) is 0 Å². The summed E-state index contributed by atoms with van der Waals surface area (Å²) < 4.78 is 5.95. The Kier molecular flexibility index (Phi) is 5.35. The molecule has 2 aromatic carbocycles. The molecular formula is C23H28N2O. The van der Waals surface area contributed by atoms with Crippen molar-refractivity contribution in [3.05, 3.63) is 71.8 Å². The summed E-state index contributed by atoms with van der Waals surface area (Å²) in [6.07, 6.45) is 6.53. The fourth-order valence-electron chi connectivity index (χ4n) is 4.46. The molecule has 3 atom stereocenters. The molecule has 3 heteroatoms. The largest absolute Gasteiger partial charge is 0.373 e. The van der Waals surface area contributed by atoms with Crippen molar-refractivity contribution in [2.75, 3.05) is 7.11 Å². The molecule has 1 fully saturated rings. The summed E-state index contributed by atoms with van der Waals surface area (Å²) in [6, 6.07) is 21.5. The Morgan fingerprint density at radius 1 is 0.885 bits per heavy atom. The van der Waals surface area contributed by atoms with Gasteiger partial charge in [-0.05, 0) is 29.9 Å². The predicted octanol–water partition coefficient (Wildman–Crippen LogP) is 5.07. The molecule has 0 amide bonds. The molecule has 0 radical (unpaired) electrons. The summed E-state index contributed by atoms with van der Waals surface area (Å²) in [5.74, 6) is 1.60. The first kappa shape index (κ1) is 17.3. The summed E-state index contributed by atoms with van der Waals surface area (Å²) in [6.45, 7) is 0. The molecule has 1 saturated carbocycles. The summed E-state index contributed by atoms with van der Waals surface area (Å²) in [5, 5.41) is 3.73. The van der Waals surface area contributed by atoms with E-state index in [4.69, 9.17) is 9.73 Å². The number of methoxy groups -OCH3 is 1. The van der Waals surface area contributed by atoms with Crippen molar-refractivity contribution < 1.29 is 4.74 Å². The van der Waals surface area contributed by atoms with Gasteiger partial charge in [-0.2, -0.15) is 0 Å². The number of benzene rings is 2. The molecule has 3 nitrogen and oxygen atoms in total. The highest BCUT2D eigenvalue weighted by Crippen LogP contribution is 2.38. The van der Waals surface area contributed by atoms with Crippen LogP contribution in [0.2, 0.25) is 0 Å². The quantitative estimate of drug-likeness (QED) is 0.819. The third-order valence-electron chi connectivity index (χ3n) is 5.80. The third-order valence-corrected chi connectivity index (χ3v) is 5.80. The van der Waals surface area contributed by atoms with Crippen LogP contribution < -0.4 is 5.32 Å². The van der Waals surface area contributed by atoms with Crippen LogP contribution >= 0.6 is 0 Å². The molecular weight excluding hydrogens is 320 g/mol. The minimum absolute atomic E-state index is 0.0789. The van der Waals surface area contributed by atoms with Crippen LogP contribution in [0.25, 0.3) is 0 Å². The van der Waals surface area contributed by atoms with Gasteiger partial charge >= 0.3 is 0 Å². The number of hydrogen-bond donors (Lipinski definition) is 1. The van der Waals surface area contributed by atoms with Crippen molar-refractivity contribution in [3.63, 3.8) is 0 Å². The summed E-state index contributed by atoms with van der Waals surface area (Å²) in [5.41, 5.74) is 2.53. The van der Waals surface area contributed by atoms with Crippen LogP contribution in [0.3, 0.4) is 0 Å². The first-order valence-electron chi connectivity index (χ1n) is 9.83. The molecule has 1 aliphatic heterocycles. The summed E-state index contributed by atoms with van der Waals surface area (Å²) >= 11 is 0. The van der Waals surface area contributed by atoms with Gasteiger partial charge in [-0.25, -0.2) is 0 Å². The average molecular weight is 348 g/mol. The maximum Gasteiger partial charge on any atom is 0.127 e. The van der Waals surface area contributed by atoms with E-state index in [2.05, 4.69) is 66.0 Å². The number of nitrogens with one attached hydrogen (secondary N) is 1. The number of nitrogens with zero attached hydrogens (tertiary/aromatic N) is 1. The molecule has 0 saturated heterocycles. The predicted molar refractivity (Wildman–Crippen MR) is 106 cm³/mol. The van der Waals surface area contributed by atoms with E-state index in [0.29, 0.717) is 5.92 Å². The second kappa shape index (κ2) is 8.05. The van der Waals surface area contributed by atoms with Gasteiger partial charge in [0.15, 0.2) is 0 Å². The van der Waals surface area contributed by atoms with Crippen molar-refractivity contribution in [1.82, 2.24) is 5.32 Å². The van der Waals surface area contributed by atoms with E-state index in [0.717, 1.165) is 5.84 Å². The first-order chi connectivity index (χ1) is 12.9. The van der Waals surface area contributed by atoms with Gasteiger partial charge in [0.05, 0.1) is 6.04 Å². The second-order valence-electron chi connectivity index (χ2n) is 7.46. The maximum absolute atomic E-state index is 5.95. The number of rotatable bonds is 5. The Balaban J connectivity index is 1.65. The van der Waals surface area contributed by atoms with Gasteiger partial charge in [0, 0.05) is 7.11 Å². The van der Waals surface area contributed by atoms with Crippen molar-refractivity contribution in [3.8, 4) is 0 Å². The maximum atomic E-state index is 5.95. The van der Waals surface area contributed by atoms with Gasteiger partial charge in [-0.3, -0.25) is 4.99 Å². The molecule has 1 aliphatic carbocycles. The topological polar surface area (TPSA) is 33.6 Å². The first-order valence-corrected chi connectivity index (χ1v) is 9.83. The molecule has 4 rings (SSSR count). The lowest BCUT2D eigenvalue weighted by Gasteiger charge is -2.29. The van der Waals surface area contributed by atoms with E-state index in [1.807, 2.05) is 7.11 Å². The molecule has 1 unspecified atom stereocenters. The van der Waals surface area contributed by atoms with Gasteiger partial charge in [-0.1, -0.05) is 79.9 Å². The van der Waals surface area contributed by atoms with Gasteiger partial charge < -0.3 is 10.1 Å². The highest BCUT2D eigenvalue weighted by Gasteiger charge is 2.37. The van der Waals surface area contributed by atoms with Crippen molar-refractivity contribution in [2.45, 2.75) is 50.3 Å². The Bertz CT molecular complexity index is 722. The third kappa shape index (κ3) is 3.54. The van der Waals surface area contributed by atoms with Gasteiger partial charge in [0.25, 0.3) is 0 Å². The minimum Gasteiger partial charge on any atom is -0.373 e. The second-order valence-corrected chi connectivity index (χ2v) is 7.46. The Morgan fingerprint density at radius 2 is 1.50 bits per heavy atom. The molecule has 1 N–H and O–H groups in total. The van der Waals surface area contributed by atoms with E-state index < -0.39 is 0 Å². The lowest BCUT2D eigenvalue weighted by atomic mass is 9.84. The summed E-state index contributed by atoms with van der Waals surface area (Å²) in [4.78, 5) is 5.14. The van der Waals surface area contributed by atoms with Gasteiger partial charge in [0.2, 0.25) is 0 Å². The van der Waals surface area contributed by atoms with Crippen LogP contribution in [0.15, 0.2) is 65.7 Å². The fraction of sp³-hybridized carbons (Fsp3) is 0.435. The van der Waals surface area contributed by atoms with Crippen LogP contribution in [-0.4, -0.2) is 19.0 Å². The number of aliphatic imine (C=N–C) groups is 1. The van der Waals surface area contributed by atoms with E-state index in [-0.39, 0.29) is 18.2 Å². The minimum atomic E-state index is 0.0789. The Hall–Kier alpha value is -2.13. The van der Waals surface area contributed by atoms with Crippen molar-refractivity contribution in [2.24, 2.45) is 10.9 Å². The normalized spacial score (nSPS) is 24.7. The lowest BCUT2D eigenvalue weighted by Crippen LogP contribution is -2.40. The molecule has 136 valence electrons. The number of ether oxygens (including phenoxy) is 1. The van der Waals surface area contributed by atoms with Gasteiger partial charge in [-0.15, -0.1) is 0 Å². The number of hydrogen-bond acceptors (Lipinski definition) is 3. The van der Waals surface area contributed by atoms with E-state index in [1.54, 1.807) is 0 Å². The highest BCUT2D eigenvalue weighted by atomic mass is 16.5. The van der Waals surface area contributed by atoms with Crippen LogP contribution in [0.1, 0.15) is 55.3 Å². The standard InChI is InChI=1S/C23H28N2O/c1-26-22(19-15-9-4-10-16-19)23-24-20(17-11-5-2-6-12-17)21(25-23)18-13-7-3-8-14-18/h2-3,5-8,11-14,19-22H,4,9-10,15-16H2,1H3,(H,24,25)/t20-,21+,22?. The molecule has 26 heavy (non-hydrogen) atoms.